The lowest BCUT2D eigenvalue weighted by atomic mass is 9.91. The van der Waals surface area contributed by atoms with Gasteiger partial charge in [-0.1, -0.05) is 18.2 Å². The van der Waals surface area contributed by atoms with Gasteiger partial charge < -0.3 is 14.8 Å². The summed E-state index contributed by atoms with van der Waals surface area (Å²) in [5.74, 6) is 1.63. The molecule has 2 aromatic rings. The second-order valence-electron chi connectivity index (χ2n) is 7.57. The lowest BCUT2D eigenvalue weighted by molar-refractivity contribution is 0.0901. The number of nitrogens with zero attached hydrogens (tertiary/aromatic N) is 1. The fourth-order valence-corrected chi connectivity index (χ4v) is 4.28. The molecule has 142 valence electrons. The molecule has 0 aromatic heterocycles. The first kappa shape index (κ1) is 17.9. The predicted octanol–water partition coefficient (Wildman–Crippen LogP) is 3.02. The number of carbonyl (C=O) groups is 1. The molecular formula is C22H26N2O3. The van der Waals surface area contributed by atoms with Crippen LogP contribution in [0.5, 0.6) is 11.5 Å². The van der Waals surface area contributed by atoms with Crippen LogP contribution in [0, 0.1) is 0 Å². The SMILES string of the molecule is COc1cccc(CN2CCC3(CCc4ccc(OC)cc4C(=O)N3)C2)c1. The number of aryl methyl sites for hydroxylation is 1. The summed E-state index contributed by atoms with van der Waals surface area (Å²) < 4.78 is 10.6. The predicted molar refractivity (Wildman–Crippen MR) is 104 cm³/mol. The van der Waals surface area contributed by atoms with Gasteiger partial charge in [-0.15, -0.1) is 0 Å². The maximum absolute atomic E-state index is 12.9. The normalized spacial score (nSPS) is 22.2. The molecule has 2 aliphatic heterocycles. The summed E-state index contributed by atoms with van der Waals surface area (Å²) in [5.41, 5.74) is 2.94. The molecule has 0 bridgehead atoms. The van der Waals surface area contributed by atoms with E-state index in [-0.39, 0.29) is 11.4 Å². The fraction of sp³-hybridized carbons (Fsp3) is 0.409. The van der Waals surface area contributed by atoms with E-state index in [4.69, 9.17) is 9.47 Å². The molecule has 5 heteroatoms. The Morgan fingerprint density at radius 2 is 1.89 bits per heavy atom. The fourth-order valence-electron chi connectivity index (χ4n) is 4.28. The van der Waals surface area contributed by atoms with Crippen LogP contribution in [0.25, 0.3) is 0 Å². The number of methoxy groups -OCH3 is 2. The van der Waals surface area contributed by atoms with E-state index in [2.05, 4.69) is 22.3 Å². The summed E-state index contributed by atoms with van der Waals surface area (Å²) in [6.07, 6.45) is 2.85. The molecule has 1 unspecified atom stereocenters. The largest absolute Gasteiger partial charge is 0.497 e. The summed E-state index contributed by atoms with van der Waals surface area (Å²) in [7, 11) is 3.32. The number of benzene rings is 2. The minimum Gasteiger partial charge on any atom is -0.497 e. The van der Waals surface area contributed by atoms with E-state index < -0.39 is 0 Å². The number of likely N-dealkylation sites (tertiary alicyclic amines) is 1. The lowest BCUT2D eigenvalue weighted by Gasteiger charge is -2.29. The van der Waals surface area contributed by atoms with Crippen molar-refractivity contribution in [2.45, 2.75) is 31.3 Å². The molecular weight excluding hydrogens is 340 g/mol. The number of fused-ring (bicyclic) bond motifs is 1. The zero-order valence-corrected chi connectivity index (χ0v) is 16.0. The third-order valence-electron chi connectivity index (χ3n) is 5.79. The van der Waals surface area contributed by atoms with Crippen LogP contribution < -0.4 is 14.8 Å². The number of carbonyl (C=O) groups excluding carboxylic acids is 1. The van der Waals surface area contributed by atoms with Crippen molar-refractivity contribution >= 4 is 5.91 Å². The first-order chi connectivity index (χ1) is 13.1. The molecule has 1 fully saturated rings. The van der Waals surface area contributed by atoms with Crippen LogP contribution in [0.4, 0.5) is 0 Å². The topological polar surface area (TPSA) is 50.8 Å². The number of amides is 1. The van der Waals surface area contributed by atoms with Gasteiger partial charge in [-0.25, -0.2) is 0 Å². The van der Waals surface area contributed by atoms with Gasteiger partial charge in [-0.05, 0) is 54.7 Å². The molecule has 1 atom stereocenters. The van der Waals surface area contributed by atoms with E-state index in [0.717, 1.165) is 61.5 Å². The molecule has 2 heterocycles. The van der Waals surface area contributed by atoms with Gasteiger partial charge in [0.2, 0.25) is 0 Å². The average molecular weight is 366 g/mol. The zero-order chi connectivity index (χ0) is 18.9. The highest BCUT2D eigenvalue weighted by Gasteiger charge is 2.41. The summed E-state index contributed by atoms with van der Waals surface area (Å²) in [6.45, 7) is 2.73. The van der Waals surface area contributed by atoms with Crippen LogP contribution in [0.2, 0.25) is 0 Å². The molecule has 0 saturated carbocycles. The van der Waals surface area contributed by atoms with E-state index in [9.17, 15) is 4.79 Å². The Balaban J connectivity index is 1.48. The number of hydrogen-bond donors (Lipinski definition) is 1. The molecule has 2 aliphatic rings. The maximum atomic E-state index is 12.9. The van der Waals surface area contributed by atoms with Gasteiger partial charge in [0.25, 0.3) is 5.91 Å². The molecule has 27 heavy (non-hydrogen) atoms. The van der Waals surface area contributed by atoms with Gasteiger partial charge in [-0.3, -0.25) is 9.69 Å². The third kappa shape index (κ3) is 3.65. The van der Waals surface area contributed by atoms with Crippen molar-refractivity contribution in [3.63, 3.8) is 0 Å². The van der Waals surface area contributed by atoms with Crippen LogP contribution >= 0.6 is 0 Å². The molecule has 5 nitrogen and oxygen atoms in total. The van der Waals surface area contributed by atoms with Gasteiger partial charge >= 0.3 is 0 Å². The average Bonchev–Trinajstić information content (AvgIpc) is 3.02. The molecule has 1 saturated heterocycles. The first-order valence-corrected chi connectivity index (χ1v) is 9.45. The monoisotopic (exact) mass is 366 g/mol. The molecule has 2 aromatic carbocycles. The van der Waals surface area contributed by atoms with Crippen LogP contribution in [-0.4, -0.2) is 43.7 Å². The van der Waals surface area contributed by atoms with E-state index in [1.165, 1.54) is 5.56 Å². The van der Waals surface area contributed by atoms with Gasteiger partial charge in [0.1, 0.15) is 11.5 Å². The second-order valence-corrected chi connectivity index (χ2v) is 7.57. The van der Waals surface area contributed by atoms with E-state index >= 15 is 0 Å². The Bertz CT molecular complexity index is 851. The van der Waals surface area contributed by atoms with Crippen molar-refractivity contribution in [3.05, 3.63) is 59.2 Å². The van der Waals surface area contributed by atoms with E-state index in [1.54, 1.807) is 14.2 Å². The zero-order valence-electron chi connectivity index (χ0n) is 16.0. The van der Waals surface area contributed by atoms with Crippen molar-refractivity contribution < 1.29 is 14.3 Å². The summed E-state index contributed by atoms with van der Waals surface area (Å²) >= 11 is 0. The van der Waals surface area contributed by atoms with E-state index in [0.29, 0.717) is 0 Å². The van der Waals surface area contributed by atoms with Crippen molar-refractivity contribution in [1.82, 2.24) is 10.2 Å². The highest BCUT2D eigenvalue weighted by molar-refractivity contribution is 5.97. The summed E-state index contributed by atoms with van der Waals surface area (Å²) in [4.78, 5) is 15.3. The number of rotatable bonds is 4. The van der Waals surface area contributed by atoms with Gasteiger partial charge in [0.05, 0.1) is 19.8 Å². The van der Waals surface area contributed by atoms with Gasteiger partial charge in [0, 0.05) is 25.2 Å². The number of nitrogens with one attached hydrogen (secondary N) is 1. The minimum atomic E-state index is -0.151. The molecule has 0 aliphatic carbocycles. The Morgan fingerprint density at radius 3 is 2.70 bits per heavy atom. The van der Waals surface area contributed by atoms with Crippen molar-refractivity contribution in [2.75, 3.05) is 27.3 Å². The first-order valence-electron chi connectivity index (χ1n) is 9.45. The quantitative estimate of drug-likeness (QED) is 0.904. The smallest absolute Gasteiger partial charge is 0.252 e. The third-order valence-corrected chi connectivity index (χ3v) is 5.79. The van der Waals surface area contributed by atoms with Crippen LogP contribution in [-0.2, 0) is 13.0 Å². The highest BCUT2D eigenvalue weighted by Crippen LogP contribution is 2.32. The van der Waals surface area contributed by atoms with Crippen LogP contribution in [0.15, 0.2) is 42.5 Å². The number of ether oxygens (including phenoxy) is 2. The summed E-state index contributed by atoms with van der Waals surface area (Å²) in [5, 5.41) is 3.34. The highest BCUT2D eigenvalue weighted by atomic mass is 16.5. The Labute approximate surface area is 160 Å². The molecule has 4 rings (SSSR count). The molecule has 1 spiro atoms. The van der Waals surface area contributed by atoms with E-state index in [1.807, 2.05) is 30.3 Å². The van der Waals surface area contributed by atoms with Gasteiger partial charge in [-0.2, -0.15) is 0 Å². The summed E-state index contributed by atoms with van der Waals surface area (Å²) in [6, 6.07) is 14.0. The standard InChI is InChI=1S/C22H26N2O3/c1-26-18-5-3-4-16(12-18)14-24-11-10-22(15-24)9-8-17-6-7-19(27-2)13-20(17)21(25)23-22/h3-7,12-13H,8-11,14-15H2,1-2H3,(H,23,25). The van der Waals surface area contributed by atoms with Crippen LogP contribution in [0.1, 0.15) is 34.3 Å². The Kier molecular flexibility index (Phi) is 4.79. The minimum absolute atomic E-state index is 0.0182. The molecule has 1 N–H and O–H groups in total. The Hall–Kier alpha value is -2.53. The van der Waals surface area contributed by atoms with Crippen LogP contribution in [0.3, 0.4) is 0 Å². The van der Waals surface area contributed by atoms with Crippen molar-refractivity contribution in [2.24, 2.45) is 0 Å². The lowest BCUT2D eigenvalue weighted by Crippen LogP contribution is -2.49. The van der Waals surface area contributed by atoms with Gasteiger partial charge in [0.15, 0.2) is 0 Å². The van der Waals surface area contributed by atoms with Crippen molar-refractivity contribution in [3.8, 4) is 11.5 Å². The number of hydrogen-bond acceptors (Lipinski definition) is 4. The molecule has 0 radical (unpaired) electrons. The Morgan fingerprint density at radius 1 is 1.07 bits per heavy atom. The molecule has 1 amide bonds. The second kappa shape index (κ2) is 7.24. The van der Waals surface area contributed by atoms with Crippen molar-refractivity contribution in [1.29, 1.82) is 0 Å². The maximum Gasteiger partial charge on any atom is 0.252 e.